The first kappa shape index (κ1) is 16.8. The Hall–Kier alpha value is -1.06. The fraction of sp³-hybridized carbons (Fsp3) is 0.368. The normalized spacial score (nSPS) is 17.7. The molecule has 1 atom stereocenters. The zero-order valence-electron chi connectivity index (χ0n) is 13.4. The number of rotatable bonds is 3. The zero-order valence-corrected chi connectivity index (χ0v) is 14.9. The predicted molar refractivity (Wildman–Crippen MR) is 98.5 cm³/mol. The Balaban J connectivity index is 2.09. The van der Waals surface area contributed by atoms with Gasteiger partial charge in [-0.05, 0) is 42.6 Å². The van der Waals surface area contributed by atoms with Crippen molar-refractivity contribution in [2.24, 2.45) is 0 Å². The molecule has 0 radical (unpaired) electrons. The van der Waals surface area contributed by atoms with E-state index in [0.717, 1.165) is 38.2 Å². The second-order valence-electron chi connectivity index (χ2n) is 6.04. The van der Waals surface area contributed by atoms with Crippen LogP contribution < -0.4 is 5.32 Å². The maximum absolute atomic E-state index is 6.58. The molecule has 2 aromatic carbocycles. The van der Waals surface area contributed by atoms with E-state index in [9.17, 15) is 0 Å². The number of nitrogens with zero attached hydrogens (tertiary/aromatic N) is 1. The van der Waals surface area contributed by atoms with Crippen LogP contribution in [-0.2, 0) is 0 Å². The van der Waals surface area contributed by atoms with Crippen LogP contribution >= 0.6 is 23.2 Å². The Morgan fingerprint density at radius 2 is 1.74 bits per heavy atom. The highest BCUT2D eigenvalue weighted by Crippen LogP contribution is 2.38. The number of nitrogens with one attached hydrogen (secondary N) is 1. The van der Waals surface area contributed by atoms with E-state index in [1.807, 2.05) is 12.1 Å². The van der Waals surface area contributed by atoms with Gasteiger partial charge in [0.05, 0.1) is 16.1 Å². The topological polar surface area (TPSA) is 15.3 Å². The van der Waals surface area contributed by atoms with Crippen LogP contribution in [0.4, 0.5) is 0 Å². The largest absolute Gasteiger partial charge is 0.315 e. The van der Waals surface area contributed by atoms with Crippen molar-refractivity contribution in [2.75, 3.05) is 26.2 Å². The first-order valence-electron chi connectivity index (χ1n) is 8.12. The van der Waals surface area contributed by atoms with Crippen LogP contribution in [0.15, 0.2) is 42.5 Å². The molecule has 1 saturated heterocycles. The minimum Gasteiger partial charge on any atom is -0.315 e. The lowest BCUT2D eigenvalue weighted by Gasteiger charge is -2.33. The van der Waals surface area contributed by atoms with Crippen LogP contribution in [-0.4, -0.2) is 31.1 Å². The molecular weight excluding hydrogens is 327 g/mol. The SMILES string of the molecule is Cc1ccccc1C(c1cccc(Cl)c1Cl)N1CCCNCC1. The van der Waals surface area contributed by atoms with E-state index in [-0.39, 0.29) is 6.04 Å². The predicted octanol–water partition coefficient (Wildman–Crippen LogP) is 4.69. The van der Waals surface area contributed by atoms with Gasteiger partial charge < -0.3 is 5.32 Å². The second kappa shape index (κ2) is 7.67. The number of aryl methyl sites for hydroxylation is 1. The molecule has 23 heavy (non-hydrogen) atoms. The highest BCUT2D eigenvalue weighted by atomic mass is 35.5. The lowest BCUT2D eigenvalue weighted by atomic mass is 9.93. The molecule has 0 amide bonds. The summed E-state index contributed by atoms with van der Waals surface area (Å²) in [5.74, 6) is 0. The maximum Gasteiger partial charge on any atom is 0.0643 e. The molecule has 0 aromatic heterocycles. The van der Waals surface area contributed by atoms with Gasteiger partial charge in [-0.15, -0.1) is 0 Å². The van der Waals surface area contributed by atoms with Crippen molar-refractivity contribution in [3.63, 3.8) is 0 Å². The second-order valence-corrected chi connectivity index (χ2v) is 6.83. The van der Waals surface area contributed by atoms with Crippen molar-refractivity contribution in [1.29, 1.82) is 0 Å². The molecule has 3 rings (SSSR count). The summed E-state index contributed by atoms with van der Waals surface area (Å²) in [4.78, 5) is 2.51. The Labute approximate surface area is 148 Å². The number of benzene rings is 2. The third-order valence-electron chi connectivity index (χ3n) is 4.50. The molecule has 1 unspecified atom stereocenters. The molecule has 122 valence electrons. The van der Waals surface area contributed by atoms with Gasteiger partial charge >= 0.3 is 0 Å². The van der Waals surface area contributed by atoms with Gasteiger partial charge in [0, 0.05) is 19.6 Å². The van der Waals surface area contributed by atoms with Crippen molar-refractivity contribution >= 4 is 23.2 Å². The van der Waals surface area contributed by atoms with Gasteiger partial charge in [-0.3, -0.25) is 4.90 Å². The van der Waals surface area contributed by atoms with Crippen LogP contribution in [0.5, 0.6) is 0 Å². The van der Waals surface area contributed by atoms with Gasteiger partial charge in [0.15, 0.2) is 0 Å². The molecule has 1 aliphatic heterocycles. The summed E-state index contributed by atoms with van der Waals surface area (Å²) in [6.07, 6.45) is 1.14. The molecule has 1 aliphatic rings. The molecule has 0 bridgehead atoms. The minimum absolute atomic E-state index is 0.141. The van der Waals surface area contributed by atoms with E-state index in [1.54, 1.807) is 0 Å². The van der Waals surface area contributed by atoms with E-state index >= 15 is 0 Å². The van der Waals surface area contributed by atoms with Crippen LogP contribution in [0, 0.1) is 6.92 Å². The first-order chi connectivity index (χ1) is 11.2. The molecule has 4 heteroatoms. The molecule has 0 saturated carbocycles. The Bertz CT molecular complexity index is 664. The van der Waals surface area contributed by atoms with Crippen molar-refractivity contribution in [1.82, 2.24) is 10.2 Å². The van der Waals surface area contributed by atoms with Crippen LogP contribution in [0.2, 0.25) is 10.0 Å². The number of hydrogen-bond acceptors (Lipinski definition) is 2. The molecule has 0 spiro atoms. The van der Waals surface area contributed by atoms with E-state index in [2.05, 4.69) is 47.5 Å². The fourth-order valence-electron chi connectivity index (χ4n) is 3.31. The maximum atomic E-state index is 6.58. The van der Waals surface area contributed by atoms with Crippen molar-refractivity contribution in [2.45, 2.75) is 19.4 Å². The van der Waals surface area contributed by atoms with Crippen LogP contribution in [0.25, 0.3) is 0 Å². The molecule has 2 nitrogen and oxygen atoms in total. The highest BCUT2D eigenvalue weighted by Gasteiger charge is 2.26. The van der Waals surface area contributed by atoms with Crippen molar-refractivity contribution < 1.29 is 0 Å². The van der Waals surface area contributed by atoms with E-state index in [4.69, 9.17) is 23.2 Å². The average Bonchev–Trinajstić information content (AvgIpc) is 2.83. The van der Waals surface area contributed by atoms with Gasteiger partial charge in [0.1, 0.15) is 0 Å². The Kier molecular flexibility index (Phi) is 5.60. The minimum atomic E-state index is 0.141. The van der Waals surface area contributed by atoms with Crippen molar-refractivity contribution in [3.8, 4) is 0 Å². The molecule has 1 fully saturated rings. The Morgan fingerprint density at radius 3 is 2.57 bits per heavy atom. The van der Waals surface area contributed by atoms with E-state index < -0.39 is 0 Å². The number of hydrogen-bond donors (Lipinski definition) is 1. The van der Waals surface area contributed by atoms with Crippen molar-refractivity contribution in [3.05, 3.63) is 69.2 Å². The lowest BCUT2D eigenvalue weighted by molar-refractivity contribution is 0.240. The summed E-state index contributed by atoms with van der Waals surface area (Å²) >= 11 is 12.9. The fourth-order valence-corrected chi connectivity index (χ4v) is 3.72. The van der Waals surface area contributed by atoms with Gasteiger partial charge in [-0.1, -0.05) is 59.6 Å². The third-order valence-corrected chi connectivity index (χ3v) is 5.33. The summed E-state index contributed by atoms with van der Waals surface area (Å²) in [5, 5.41) is 4.76. The smallest absolute Gasteiger partial charge is 0.0643 e. The van der Waals surface area contributed by atoms with Crippen LogP contribution in [0.1, 0.15) is 29.2 Å². The summed E-state index contributed by atoms with van der Waals surface area (Å²) in [6.45, 7) is 6.29. The molecule has 0 aliphatic carbocycles. The molecule has 2 aromatic rings. The Morgan fingerprint density at radius 1 is 0.957 bits per heavy atom. The zero-order chi connectivity index (χ0) is 16.2. The van der Waals surface area contributed by atoms with E-state index in [0.29, 0.717) is 10.0 Å². The first-order valence-corrected chi connectivity index (χ1v) is 8.88. The van der Waals surface area contributed by atoms with Gasteiger partial charge in [0.25, 0.3) is 0 Å². The van der Waals surface area contributed by atoms with Gasteiger partial charge in [0.2, 0.25) is 0 Å². The lowest BCUT2D eigenvalue weighted by Crippen LogP contribution is -2.33. The highest BCUT2D eigenvalue weighted by molar-refractivity contribution is 6.42. The van der Waals surface area contributed by atoms with E-state index in [1.165, 1.54) is 11.1 Å². The quantitative estimate of drug-likeness (QED) is 0.865. The molecule has 1 heterocycles. The number of halogens is 2. The van der Waals surface area contributed by atoms with Gasteiger partial charge in [-0.25, -0.2) is 0 Å². The molecular formula is C19H22Cl2N2. The third kappa shape index (κ3) is 3.72. The summed E-state index contributed by atoms with van der Waals surface area (Å²) in [5.41, 5.74) is 3.68. The standard InChI is InChI=1S/C19H22Cl2N2/c1-14-6-2-3-7-15(14)19(23-12-5-10-22-11-13-23)16-8-4-9-17(20)18(16)21/h2-4,6-9,19,22H,5,10-13H2,1H3. The summed E-state index contributed by atoms with van der Waals surface area (Å²) in [7, 11) is 0. The van der Waals surface area contributed by atoms with Crippen LogP contribution in [0.3, 0.4) is 0 Å². The summed E-state index contributed by atoms with van der Waals surface area (Å²) in [6, 6.07) is 14.6. The molecule has 1 N–H and O–H groups in total. The summed E-state index contributed by atoms with van der Waals surface area (Å²) < 4.78 is 0. The monoisotopic (exact) mass is 348 g/mol. The average molecular weight is 349 g/mol. The van der Waals surface area contributed by atoms with Gasteiger partial charge in [-0.2, -0.15) is 0 Å².